The van der Waals surface area contributed by atoms with Crippen molar-refractivity contribution in [1.82, 2.24) is 4.98 Å². The van der Waals surface area contributed by atoms with Gasteiger partial charge in [0.2, 0.25) is 0 Å². The standard InChI is InChI=1S/C12H8BrF2NO/c13-8-2-4-11(16-6-8)12(17)7-1-3-9(14)10(15)5-7/h1-6,12,17H. The lowest BCUT2D eigenvalue weighted by atomic mass is 10.1. The van der Waals surface area contributed by atoms with Crippen molar-refractivity contribution in [1.29, 1.82) is 0 Å². The molecule has 2 nitrogen and oxygen atoms in total. The summed E-state index contributed by atoms with van der Waals surface area (Å²) in [4.78, 5) is 3.99. The highest BCUT2D eigenvalue weighted by Gasteiger charge is 2.13. The predicted octanol–water partition coefficient (Wildman–Crippen LogP) is 3.20. The fourth-order valence-corrected chi connectivity index (χ4v) is 1.64. The summed E-state index contributed by atoms with van der Waals surface area (Å²) < 4.78 is 26.5. The molecule has 5 heteroatoms. The molecule has 2 rings (SSSR count). The molecule has 0 aliphatic carbocycles. The van der Waals surface area contributed by atoms with Crippen LogP contribution in [0.2, 0.25) is 0 Å². The van der Waals surface area contributed by atoms with Gasteiger partial charge in [0, 0.05) is 10.7 Å². The maximum absolute atomic E-state index is 13.0. The second-order valence-corrected chi connectivity index (χ2v) is 4.39. The molecule has 0 saturated carbocycles. The molecular weight excluding hydrogens is 292 g/mol. The fourth-order valence-electron chi connectivity index (χ4n) is 1.40. The van der Waals surface area contributed by atoms with Gasteiger partial charge < -0.3 is 5.11 Å². The molecule has 1 aromatic heterocycles. The van der Waals surface area contributed by atoms with Gasteiger partial charge in [-0.2, -0.15) is 0 Å². The highest BCUT2D eigenvalue weighted by atomic mass is 79.9. The first-order valence-corrected chi connectivity index (χ1v) is 5.61. The Morgan fingerprint density at radius 1 is 1.12 bits per heavy atom. The van der Waals surface area contributed by atoms with Gasteiger partial charge in [-0.25, -0.2) is 8.78 Å². The first-order valence-electron chi connectivity index (χ1n) is 4.82. The summed E-state index contributed by atoms with van der Waals surface area (Å²) in [5.74, 6) is -1.93. The Morgan fingerprint density at radius 3 is 2.47 bits per heavy atom. The van der Waals surface area contributed by atoms with E-state index in [1.165, 1.54) is 12.3 Å². The molecule has 88 valence electrons. The smallest absolute Gasteiger partial charge is 0.159 e. The van der Waals surface area contributed by atoms with Crippen LogP contribution >= 0.6 is 15.9 Å². The van der Waals surface area contributed by atoms with E-state index in [1.54, 1.807) is 12.1 Å². The third-order valence-electron chi connectivity index (χ3n) is 2.29. The van der Waals surface area contributed by atoms with Crippen LogP contribution in [0.15, 0.2) is 41.0 Å². The van der Waals surface area contributed by atoms with E-state index in [0.29, 0.717) is 5.69 Å². The van der Waals surface area contributed by atoms with E-state index in [4.69, 9.17) is 0 Å². The van der Waals surface area contributed by atoms with Crippen LogP contribution < -0.4 is 0 Å². The summed E-state index contributed by atoms with van der Waals surface area (Å²) in [6, 6.07) is 6.59. The lowest BCUT2D eigenvalue weighted by molar-refractivity contribution is 0.214. The molecule has 2 aromatic rings. The second-order valence-electron chi connectivity index (χ2n) is 3.48. The molecule has 1 N–H and O–H groups in total. The zero-order valence-electron chi connectivity index (χ0n) is 8.57. The highest BCUT2D eigenvalue weighted by Crippen LogP contribution is 2.22. The Bertz CT molecular complexity index is 531. The number of halogens is 3. The Hall–Kier alpha value is -1.33. The molecular formula is C12H8BrF2NO. The summed E-state index contributed by atoms with van der Waals surface area (Å²) in [5.41, 5.74) is 0.637. The normalized spacial score (nSPS) is 12.5. The van der Waals surface area contributed by atoms with Crippen LogP contribution in [-0.2, 0) is 0 Å². The molecule has 0 aliphatic heterocycles. The number of pyridine rings is 1. The van der Waals surface area contributed by atoms with E-state index >= 15 is 0 Å². The number of hydrogen-bond donors (Lipinski definition) is 1. The molecule has 1 heterocycles. The van der Waals surface area contributed by atoms with Gasteiger partial charge in [-0.1, -0.05) is 6.07 Å². The highest BCUT2D eigenvalue weighted by molar-refractivity contribution is 9.10. The third kappa shape index (κ3) is 2.68. The molecule has 0 spiro atoms. The minimum Gasteiger partial charge on any atom is -0.382 e. The van der Waals surface area contributed by atoms with Crippen molar-refractivity contribution in [2.75, 3.05) is 0 Å². The van der Waals surface area contributed by atoms with Gasteiger partial charge in [-0.05, 0) is 45.8 Å². The first kappa shape index (κ1) is 12.1. The summed E-state index contributed by atoms with van der Waals surface area (Å²) in [5, 5.41) is 9.93. The molecule has 0 bridgehead atoms. The number of aromatic nitrogens is 1. The van der Waals surface area contributed by atoms with Gasteiger partial charge in [-0.15, -0.1) is 0 Å². The van der Waals surface area contributed by atoms with Crippen LogP contribution in [-0.4, -0.2) is 10.1 Å². The van der Waals surface area contributed by atoms with Gasteiger partial charge in [0.15, 0.2) is 11.6 Å². The Kier molecular flexibility index (Phi) is 3.49. The molecule has 0 aliphatic rings. The summed E-state index contributed by atoms with van der Waals surface area (Å²) >= 11 is 3.22. The van der Waals surface area contributed by atoms with Crippen molar-refractivity contribution in [3.63, 3.8) is 0 Å². The van der Waals surface area contributed by atoms with E-state index in [-0.39, 0.29) is 5.56 Å². The lowest BCUT2D eigenvalue weighted by Gasteiger charge is -2.10. The van der Waals surface area contributed by atoms with Gasteiger partial charge in [0.25, 0.3) is 0 Å². The maximum Gasteiger partial charge on any atom is 0.159 e. The molecule has 1 atom stereocenters. The molecule has 17 heavy (non-hydrogen) atoms. The fraction of sp³-hybridized carbons (Fsp3) is 0.0833. The van der Waals surface area contributed by atoms with Crippen LogP contribution in [0.4, 0.5) is 8.78 Å². The molecule has 0 fully saturated rings. The van der Waals surface area contributed by atoms with Crippen LogP contribution in [0.5, 0.6) is 0 Å². The van der Waals surface area contributed by atoms with Crippen LogP contribution in [0.1, 0.15) is 17.4 Å². The minimum atomic E-state index is -1.07. The van der Waals surface area contributed by atoms with Crippen molar-refractivity contribution >= 4 is 15.9 Å². The average molecular weight is 300 g/mol. The molecule has 1 unspecified atom stereocenters. The van der Waals surface area contributed by atoms with E-state index in [2.05, 4.69) is 20.9 Å². The van der Waals surface area contributed by atoms with Crippen molar-refractivity contribution in [2.24, 2.45) is 0 Å². The van der Waals surface area contributed by atoms with Gasteiger partial charge >= 0.3 is 0 Å². The first-order chi connectivity index (χ1) is 8.08. The second kappa shape index (κ2) is 4.89. The van der Waals surface area contributed by atoms with Crippen molar-refractivity contribution in [2.45, 2.75) is 6.10 Å². The Labute approximate surface area is 105 Å². The third-order valence-corrected chi connectivity index (χ3v) is 2.76. The number of benzene rings is 1. The zero-order valence-corrected chi connectivity index (χ0v) is 10.2. The summed E-state index contributed by atoms with van der Waals surface area (Å²) in [6.45, 7) is 0. The van der Waals surface area contributed by atoms with E-state index < -0.39 is 17.7 Å². The monoisotopic (exact) mass is 299 g/mol. The van der Waals surface area contributed by atoms with E-state index in [0.717, 1.165) is 16.6 Å². The van der Waals surface area contributed by atoms with Crippen LogP contribution in [0, 0.1) is 11.6 Å². The molecule has 0 amide bonds. The van der Waals surface area contributed by atoms with E-state index in [1.807, 2.05) is 0 Å². The Balaban J connectivity index is 2.33. The van der Waals surface area contributed by atoms with Crippen molar-refractivity contribution in [3.05, 3.63) is 63.9 Å². The van der Waals surface area contributed by atoms with Crippen molar-refractivity contribution in [3.8, 4) is 0 Å². The van der Waals surface area contributed by atoms with Crippen molar-refractivity contribution < 1.29 is 13.9 Å². The lowest BCUT2D eigenvalue weighted by Crippen LogP contribution is -2.03. The largest absolute Gasteiger partial charge is 0.382 e. The quantitative estimate of drug-likeness (QED) is 0.924. The minimum absolute atomic E-state index is 0.263. The topological polar surface area (TPSA) is 33.1 Å². The zero-order chi connectivity index (χ0) is 12.4. The molecule has 0 saturated heterocycles. The van der Waals surface area contributed by atoms with Crippen LogP contribution in [0.25, 0.3) is 0 Å². The maximum atomic E-state index is 13.0. The van der Waals surface area contributed by atoms with E-state index in [9.17, 15) is 13.9 Å². The number of hydrogen-bond acceptors (Lipinski definition) is 2. The molecule has 0 radical (unpaired) electrons. The predicted molar refractivity (Wildman–Crippen MR) is 62.4 cm³/mol. The Morgan fingerprint density at radius 2 is 1.88 bits per heavy atom. The van der Waals surface area contributed by atoms with Gasteiger partial charge in [-0.3, -0.25) is 4.98 Å². The van der Waals surface area contributed by atoms with Gasteiger partial charge in [0.1, 0.15) is 6.10 Å². The molecule has 1 aromatic carbocycles. The summed E-state index contributed by atoms with van der Waals surface area (Å²) in [7, 11) is 0. The van der Waals surface area contributed by atoms with Crippen LogP contribution in [0.3, 0.4) is 0 Å². The average Bonchev–Trinajstić information content (AvgIpc) is 2.33. The van der Waals surface area contributed by atoms with Gasteiger partial charge in [0.05, 0.1) is 5.69 Å². The summed E-state index contributed by atoms with van der Waals surface area (Å²) in [6.07, 6.45) is 0.455. The number of aliphatic hydroxyl groups is 1. The SMILES string of the molecule is OC(c1ccc(F)c(F)c1)c1ccc(Br)cn1. The number of aliphatic hydroxyl groups excluding tert-OH is 1. The number of rotatable bonds is 2. The number of nitrogens with zero attached hydrogens (tertiary/aromatic N) is 1.